The molecule has 1 aromatic rings. The van der Waals surface area contributed by atoms with Crippen LogP contribution in [0.1, 0.15) is 24.3 Å². The normalized spacial score (nSPS) is 27.5. The maximum Gasteiger partial charge on any atom is 0.122 e. The lowest BCUT2D eigenvalue weighted by Gasteiger charge is -2.22. The second kappa shape index (κ2) is 4.38. The minimum Gasteiger partial charge on any atom is -0.493 e. The average molecular weight is 228 g/mol. The number of hydrogen-bond acceptors (Lipinski definition) is 3. The molecule has 0 aromatic heterocycles. The maximum atomic E-state index is 9.08. The summed E-state index contributed by atoms with van der Waals surface area (Å²) in [5.74, 6) is 1.45. The monoisotopic (exact) mass is 228 g/mol. The highest BCUT2D eigenvalue weighted by atomic mass is 16.5. The predicted octanol–water partition coefficient (Wildman–Crippen LogP) is 2.15. The second-order valence-electron chi connectivity index (χ2n) is 4.83. The number of hydrogen-bond donors (Lipinski definition) is 0. The molecule has 1 aromatic carbocycles. The molecule has 2 atom stereocenters. The Kier molecular flexibility index (Phi) is 2.74. The Balaban J connectivity index is 1.73. The van der Waals surface area contributed by atoms with Gasteiger partial charge in [-0.15, -0.1) is 0 Å². The van der Waals surface area contributed by atoms with Crippen LogP contribution in [0.2, 0.25) is 0 Å². The Morgan fingerprint density at radius 1 is 1.41 bits per heavy atom. The van der Waals surface area contributed by atoms with Gasteiger partial charge in [0.15, 0.2) is 0 Å². The summed E-state index contributed by atoms with van der Waals surface area (Å²) in [6.45, 7) is 2.76. The summed E-state index contributed by atoms with van der Waals surface area (Å²) in [6, 6.07) is 10.8. The summed E-state index contributed by atoms with van der Waals surface area (Å²) in [5, 5.41) is 9.08. The smallest absolute Gasteiger partial charge is 0.122 e. The summed E-state index contributed by atoms with van der Waals surface area (Å²) < 4.78 is 5.68. The molecule has 2 heterocycles. The second-order valence-corrected chi connectivity index (χ2v) is 4.83. The minimum absolute atomic E-state index is 0.114. The van der Waals surface area contributed by atoms with Gasteiger partial charge in [0.1, 0.15) is 5.75 Å². The number of likely N-dealkylation sites (tertiary alicyclic amines) is 1. The molecule has 0 N–H and O–H groups in total. The van der Waals surface area contributed by atoms with Gasteiger partial charge in [0.05, 0.1) is 18.7 Å². The van der Waals surface area contributed by atoms with Gasteiger partial charge in [-0.25, -0.2) is 0 Å². The molecule has 3 nitrogen and oxygen atoms in total. The van der Waals surface area contributed by atoms with Crippen LogP contribution >= 0.6 is 0 Å². The highest BCUT2D eigenvalue weighted by Crippen LogP contribution is 2.35. The standard InChI is InChI=1S/C14H16N2O/c15-8-12-4-3-7-16(12)9-11-10-17-14-6-2-1-5-13(11)14/h1-2,5-6,11-12H,3-4,7,9-10H2. The van der Waals surface area contributed by atoms with Crippen LogP contribution in [-0.2, 0) is 0 Å². The van der Waals surface area contributed by atoms with Crippen LogP contribution in [-0.4, -0.2) is 30.6 Å². The number of nitriles is 1. The Morgan fingerprint density at radius 2 is 2.29 bits per heavy atom. The van der Waals surface area contributed by atoms with Gasteiger partial charge in [0, 0.05) is 18.0 Å². The summed E-state index contributed by atoms with van der Waals surface area (Å²) in [6.07, 6.45) is 2.17. The first kappa shape index (κ1) is 10.6. The molecule has 17 heavy (non-hydrogen) atoms. The van der Waals surface area contributed by atoms with Crippen molar-refractivity contribution in [3.8, 4) is 11.8 Å². The van der Waals surface area contributed by atoms with E-state index in [4.69, 9.17) is 10.00 Å². The topological polar surface area (TPSA) is 36.3 Å². The number of nitrogens with zero attached hydrogens (tertiary/aromatic N) is 2. The van der Waals surface area contributed by atoms with Gasteiger partial charge in [0.25, 0.3) is 0 Å². The van der Waals surface area contributed by atoms with E-state index in [0.717, 1.165) is 38.3 Å². The largest absolute Gasteiger partial charge is 0.493 e. The lowest BCUT2D eigenvalue weighted by atomic mass is 10.0. The van der Waals surface area contributed by atoms with Crippen LogP contribution in [0.25, 0.3) is 0 Å². The van der Waals surface area contributed by atoms with E-state index < -0.39 is 0 Å². The molecule has 3 rings (SSSR count). The van der Waals surface area contributed by atoms with E-state index in [1.165, 1.54) is 5.56 Å². The quantitative estimate of drug-likeness (QED) is 0.778. The molecule has 1 fully saturated rings. The van der Waals surface area contributed by atoms with Crippen molar-refractivity contribution in [2.75, 3.05) is 19.7 Å². The third-order valence-electron chi connectivity index (χ3n) is 3.77. The molecule has 0 aliphatic carbocycles. The van der Waals surface area contributed by atoms with Crippen molar-refractivity contribution < 1.29 is 4.74 Å². The van der Waals surface area contributed by atoms with Gasteiger partial charge in [-0.05, 0) is 25.5 Å². The Bertz CT molecular complexity index is 452. The van der Waals surface area contributed by atoms with Crippen molar-refractivity contribution in [3.05, 3.63) is 29.8 Å². The van der Waals surface area contributed by atoms with Gasteiger partial charge in [-0.2, -0.15) is 5.26 Å². The zero-order valence-corrected chi connectivity index (χ0v) is 9.80. The summed E-state index contributed by atoms with van der Waals surface area (Å²) in [5.41, 5.74) is 1.30. The molecular weight excluding hydrogens is 212 g/mol. The molecule has 1 saturated heterocycles. The van der Waals surface area contributed by atoms with E-state index in [1.54, 1.807) is 0 Å². The van der Waals surface area contributed by atoms with E-state index in [0.29, 0.717) is 5.92 Å². The fourth-order valence-electron chi connectivity index (χ4n) is 2.85. The van der Waals surface area contributed by atoms with Crippen LogP contribution in [0.5, 0.6) is 5.75 Å². The van der Waals surface area contributed by atoms with E-state index in [9.17, 15) is 0 Å². The van der Waals surface area contributed by atoms with E-state index >= 15 is 0 Å². The molecule has 3 heteroatoms. The minimum atomic E-state index is 0.114. The molecule has 0 spiro atoms. The van der Waals surface area contributed by atoms with Gasteiger partial charge >= 0.3 is 0 Å². The molecule has 88 valence electrons. The average Bonchev–Trinajstić information content (AvgIpc) is 2.97. The Hall–Kier alpha value is -1.53. The highest BCUT2D eigenvalue weighted by Gasteiger charge is 2.30. The van der Waals surface area contributed by atoms with Gasteiger partial charge < -0.3 is 4.74 Å². The Morgan fingerprint density at radius 3 is 3.18 bits per heavy atom. The van der Waals surface area contributed by atoms with Crippen molar-refractivity contribution >= 4 is 0 Å². The number of fused-ring (bicyclic) bond motifs is 1. The van der Waals surface area contributed by atoms with E-state index in [1.807, 2.05) is 12.1 Å². The molecule has 0 saturated carbocycles. The molecule has 2 unspecified atom stereocenters. The zero-order chi connectivity index (χ0) is 11.7. The van der Waals surface area contributed by atoms with Crippen molar-refractivity contribution in [1.29, 1.82) is 5.26 Å². The highest BCUT2D eigenvalue weighted by molar-refractivity contribution is 5.39. The fourth-order valence-corrected chi connectivity index (χ4v) is 2.85. The van der Waals surface area contributed by atoms with Crippen LogP contribution in [0.15, 0.2) is 24.3 Å². The lowest BCUT2D eigenvalue weighted by Crippen LogP contribution is -2.32. The van der Waals surface area contributed by atoms with Crippen LogP contribution in [0, 0.1) is 11.3 Å². The lowest BCUT2D eigenvalue weighted by molar-refractivity contribution is 0.244. The van der Waals surface area contributed by atoms with Crippen LogP contribution in [0.3, 0.4) is 0 Å². The summed E-state index contributed by atoms with van der Waals surface area (Å²) in [4.78, 5) is 2.30. The first-order chi connectivity index (χ1) is 8.38. The van der Waals surface area contributed by atoms with Crippen LogP contribution in [0.4, 0.5) is 0 Å². The van der Waals surface area contributed by atoms with Crippen molar-refractivity contribution in [2.45, 2.75) is 24.8 Å². The number of ether oxygens (including phenoxy) is 1. The zero-order valence-electron chi connectivity index (χ0n) is 9.80. The van der Waals surface area contributed by atoms with Gasteiger partial charge in [-0.3, -0.25) is 4.90 Å². The first-order valence-electron chi connectivity index (χ1n) is 6.24. The third-order valence-corrected chi connectivity index (χ3v) is 3.77. The Labute approximate surface area is 102 Å². The number of rotatable bonds is 2. The molecule has 0 bridgehead atoms. The summed E-state index contributed by atoms with van der Waals surface area (Å²) in [7, 11) is 0. The van der Waals surface area contributed by atoms with Gasteiger partial charge in [0.2, 0.25) is 0 Å². The third kappa shape index (κ3) is 1.89. The maximum absolute atomic E-state index is 9.08. The van der Waals surface area contributed by atoms with Crippen molar-refractivity contribution in [1.82, 2.24) is 4.90 Å². The molecule has 2 aliphatic heterocycles. The fraction of sp³-hybridized carbons (Fsp3) is 0.500. The van der Waals surface area contributed by atoms with Crippen molar-refractivity contribution in [2.24, 2.45) is 0 Å². The molecular formula is C14H16N2O. The molecule has 2 aliphatic rings. The SMILES string of the molecule is N#CC1CCCN1CC1COc2ccccc21. The van der Waals surface area contributed by atoms with E-state index in [-0.39, 0.29) is 6.04 Å². The van der Waals surface area contributed by atoms with E-state index in [2.05, 4.69) is 23.1 Å². The first-order valence-corrected chi connectivity index (χ1v) is 6.24. The predicted molar refractivity (Wildman–Crippen MR) is 64.9 cm³/mol. The van der Waals surface area contributed by atoms with Crippen LogP contribution < -0.4 is 4.74 Å². The summed E-state index contributed by atoms with van der Waals surface area (Å²) >= 11 is 0. The molecule has 0 radical (unpaired) electrons. The van der Waals surface area contributed by atoms with Gasteiger partial charge in [-0.1, -0.05) is 18.2 Å². The van der Waals surface area contributed by atoms with Crippen molar-refractivity contribution in [3.63, 3.8) is 0 Å². The number of benzene rings is 1. The number of para-hydroxylation sites is 1. The molecule has 0 amide bonds.